The third kappa shape index (κ3) is 2.82. The summed E-state index contributed by atoms with van der Waals surface area (Å²) in [4.78, 5) is 1.58. The fraction of sp³-hybridized carbons (Fsp3) is 0.167. The molecule has 0 radical (unpaired) electrons. The van der Waals surface area contributed by atoms with E-state index in [2.05, 4.69) is 5.32 Å². The van der Waals surface area contributed by atoms with Crippen LogP contribution in [0.15, 0.2) is 23.1 Å². The van der Waals surface area contributed by atoms with Gasteiger partial charge in [0, 0.05) is 11.6 Å². The molecule has 1 fully saturated rings. The molecule has 1 aliphatic heterocycles. The first-order chi connectivity index (χ1) is 8.63. The molecule has 1 N–H and O–H groups in total. The Morgan fingerprint density at radius 2 is 2.00 bits per heavy atom. The Hall–Kier alpha value is -1.11. The van der Waals surface area contributed by atoms with Crippen LogP contribution in [0.2, 0.25) is 0 Å². The lowest BCUT2D eigenvalue weighted by atomic mass is 10.1. The molecule has 0 unspecified atom stereocenters. The summed E-state index contributed by atoms with van der Waals surface area (Å²) in [6.45, 7) is 0. The molecule has 6 heteroatoms. The average molecular weight is 297 g/mol. The number of nitrogens with one attached hydrogen (secondary N) is 1. The number of hydrogen-bond donors (Lipinski definition) is 1. The van der Waals surface area contributed by atoms with E-state index in [0.717, 1.165) is 22.0 Å². The van der Waals surface area contributed by atoms with E-state index in [0.29, 0.717) is 9.31 Å². The van der Waals surface area contributed by atoms with Crippen molar-refractivity contribution in [2.24, 2.45) is 0 Å². The molecular formula is C12H11NO2S3. The van der Waals surface area contributed by atoms with Crippen molar-refractivity contribution in [3.63, 3.8) is 0 Å². The highest BCUT2D eigenvalue weighted by atomic mass is 32.2. The molecule has 1 aromatic rings. The first-order valence-corrected chi connectivity index (χ1v) is 6.74. The SMILES string of the molecule is COc1ccc(/C=C2\SC(=S)NC2=S)c(OC)c1. The lowest BCUT2D eigenvalue weighted by molar-refractivity contribution is 0.394. The number of thioether (sulfide) groups is 1. The van der Waals surface area contributed by atoms with Crippen LogP contribution in [0.3, 0.4) is 0 Å². The minimum absolute atomic E-state index is 0.655. The summed E-state index contributed by atoms with van der Waals surface area (Å²) in [5.41, 5.74) is 0.939. The molecule has 3 nitrogen and oxygen atoms in total. The van der Waals surface area contributed by atoms with Crippen LogP contribution in [0.4, 0.5) is 0 Å². The van der Waals surface area contributed by atoms with Crippen molar-refractivity contribution in [2.75, 3.05) is 14.2 Å². The normalized spacial score (nSPS) is 16.9. The number of thiocarbonyl (C=S) groups is 2. The van der Waals surface area contributed by atoms with Crippen LogP contribution in [0.5, 0.6) is 11.5 Å². The molecule has 0 aliphatic carbocycles. The zero-order valence-electron chi connectivity index (χ0n) is 9.85. The quantitative estimate of drug-likeness (QED) is 0.682. The molecule has 18 heavy (non-hydrogen) atoms. The van der Waals surface area contributed by atoms with E-state index in [-0.39, 0.29) is 0 Å². The van der Waals surface area contributed by atoms with Crippen molar-refractivity contribution >= 4 is 51.6 Å². The highest BCUT2D eigenvalue weighted by Crippen LogP contribution is 2.31. The molecule has 0 atom stereocenters. The van der Waals surface area contributed by atoms with Crippen LogP contribution < -0.4 is 14.8 Å². The maximum absolute atomic E-state index is 5.33. The van der Waals surface area contributed by atoms with Gasteiger partial charge in [0.2, 0.25) is 0 Å². The predicted octanol–water partition coefficient (Wildman–Crippen LogP) is 2.99. The van der Waals surface area contributed by atoms with E-state index in [1.807, 2.05) is 24.3 Å². The first-order valence-electron chi connectivity index (χ1n) is 5.11. The van der Waals surface area contributed by atoms with Crippen LogP contribution in [-0.2, 0) is 0 Å². The fourth-order valence-electron chi connectivity index (χ4n) is 1.50. The molecule has 1 saturated heterocycles. The topological polar surface area (TPSA) is 30.5 Å². The van der Waals surface area contributed by atoms with Crippen LogP contribution in [0, 0.1) is 0 Å². The van der Waals surface area contributed by atoms with Crippen molar-refractivity contribution in [3.8, 4) is 11.5 Å². The second-order valence-electron chi connectivity index (χ2n) is 3.46. The average Bonchev–Trinajstić information content (AvgIpc) is 2.68. The van der Waals surface area contributed by atoms with E-state index in [1.54, 1.807) is 14.2 Å². The number of rotatable bonds is 3. The molecule has 94 valence electrons. The van der Waals surface area contributed by atoms with Gasteiger partial charge in [-0.1, -0.05) is 36.2 Å². The maximum Gasteiger partial charge on any atom is 0.143 e. The van der Waals surface area contributed by atoms with Crippen LogP contribution in [0.25, 0.3) is 6.08 Å². The minimum Gasteiger partial charge on any atom is -0.497 e. The summed E-state index contributed by atoms with van der Waals surface area (Å²) in [6, 6.07) is 5.64. The second-order valence-corrected chi connectivity index (χ2v) is 5.59. The summed E-state index contributed by atoms with van der Waals surface area (Å²) in [5, 5.41) is 2.94. The van der Waals surface area contributed by atoms with Crippen molar-refractivity contribution in [3.05, 3.63) is 28.7 Å². The lowest BCUT2D eigenvalue weighted by Gasteiger charge is -2.07. The third-order valence-corrected chi connectivity index (χ3v) is 4.00. The van der Waals surface area contributed by atoms with Gasteiger partial charge in [0.25, 0.3) is 0 Å². The largest absolute Gasteiger partial charge is 0.497 e. The third-order valence-electron chi connectivity index (χ3n) is 2.37. The van der Waals surface area contributed by atoms with Crippen LogP contribution >= 0.6 is 36.2 Å². The number of ether oxygens (including phenoxy) is 2. The highest BCUT2D eigenvalue weighted by Gasteiger charge is 2.19. The van der Waals surface area contributed by atoms with Crippen molar-refractivity contribution in [1.82, 2.24) is 5.32 Å². The van der Waals surface area contributed by atoms with Gasteiger partial charge in [0.05, 0.1) is 19.1 Å². The van der Waals surface area contributed by atoms with Gasteiger partial charge < -0.3 is 14.8 Å². The summed E-state index contributed by atoms with van der Waals surface area (Å²) in [6.07, 6.45) is 1.96. The first kappa shape index (κ1) is 13.3. The van der Waals surface area contributed by atoms with Gasteiger partial charge in [-0.05, 0) is 18.2 Å². The zero-order valence-corrected chi connectivity index (χ0v) is 12.3. The zero-order chi connectivity index (χ0) is 13.1. The Kier molecular flexibility index (Phi) is 4.21. The summed E-state index contributed by atoms with van der Waals surface area (Å²) < 4.78 is 11.2. The van der Waals surface area contributed by atoms with E-state index in [1.165, 1.54) is 11.8 Å². The summed E-state index contributed by atoms with van der Waals surface area (Å²) in [5.74, 6) is 1.49. The molecule has 1 heterocycles. The van der Waals surface area contributed by atoms with Gasteiger partial charge in [-0.25, -0.2) is 0 Å². The highest BCUT2D eigenvalue weighted by molar-refractivity contribution is 8.27. The van der Waals surface area contributed by atoms with Gasteiger partial charge >= 0.3 is 0 Å². The molecule has 0 amide bonds. The van der Waals surface area contributed by atoms with E-state index >= 15 is 0 Å². The van der Waals surface area contributed by atoms with Gasteiger partial charge in [-0.3, -0.25) is 0 Å². The Labute approximate surface area is 121 Å². The van der Waals surface area contributed by atoms with Gasteiger partial charge in [0.15, 0.2) is 0 Å². The molecule has 0 aromatic heterocycles. The minimum atomic E-state index is 0.655. The Morgan fingerprint density at radius 1 is 1.22 bits per heavy atom. The van der Waals surface area contributed by atoms with Crippen molar-refractivity contribution in [1.29, 1.82) is 0 Å². The smallest absolute Gasteiger partial charge is 0.143 e. The lowest BCUT2D eigenvalue weighted by Crippen LogP contribution is -2.15. The number of hydrogen-bond acceptors (Lipinski definition) is 5. The summed E-state index contributed by atoms with van der Waals surface area (Å²) >= 11 is 11.7. The fourth-order valence-corrected chi connectivity index (χ4v) is 2.97. The van der Waals surface area contributed by atoms with E-state index in [9.17, 15) is 0 Å². The number of methoxy groups -OCH3 is 2. The van der Waals surface area contributed by atoms with Gasteiger partial charge in [-0.2, -0.15) is 0 Å². The van der Waals surface area contributed by atoms with Crippen molar-refractivity contribution < 1.29 is 9.47 Å². The van der Waals surface area contributed by atoms with Crippen molar-refractivity contribution in [2.45, 2.75) is 0 Å². The van der Waals surface area contributed by atoms with E-state index in [4.69, 9.17) is 33.9 Å². The maximum atomic E-state index is 5.33. The monoisotopic (exact) mass is 297 g/mol. The van der Waals surface area contributed by atoms with E-state index < -0.39 is 0 Å². The molecule has 0 saturated carbocycles. The molecule has 1 aliphatic rings. The molecule has 0 bridgehead atoms. The van der Waals surface area contributed by atoms with Crippen LogP contribution in [0.1, 0.15) is 5.56 Å². The molecule has 2 rings (SSSR count). The number of benzene rings is 1. The molecule has 1 aromatic carbocycles. The Balaban J connectivity index is 2.37. The molecular weight excluding hydrogens is 286 g/mol. The molecule has 0 spiro atoms. The predicted molar refractivity (Wildman–Crippen MR) is 83.4 cm³/mol. The van der Waals surface area contributed by atoms with Crippen LogP contribution in [-0.4, -0.2) is 23.5 Å². The second kappa shape index (κ2) is 5.69. The Bertz CT molecular complexity index is 540. The summed E-state index contributed by atoms with van der Waals surface area (Å²) in [7, 11) is 3.25. The van der Waals surface area contributed by atoms with Gasteiger partial charge in [0.1, 0.15) is 20.8 Å². The Morgan fingerprint density at radius 3 is 2.56 bits per heavy atom. The van der Waals surface area contributed by atoms with Gasteiger partial charge in [-0.15, -0.1) is 0 Å². The standard InChI is InChI=1S/C12H11NO2S3/c1-14-8-4-3-7(9(6-8)15-2)5-10-11(16)13-12(17)18-10/h3-6H,1-2H3,(H,13,16,17)/b10-5-.